The highest BCUT2D eigenvalue weighted by Gasteiger charge is 2.14. The fourth-order valence-corrected chi connectivity index (χ4v) is 1.50. The van der Waals surface area contributed by atoms with Crippen molar-refractivity contribution < 1.29 is 19.1 Å². The van der Waals surface area contributed by atoms with E-state index < -0.39 is 5.97 Å². The minimum absolute atomic E-state index is 0.0862. The predicted octanol–water partition coefficient (Wildman–Crippen LogP) is 0.960. The zero-order valence-corrected chi connectivity index (χ0v) is 11.1. The topological polar surface area (TPSA) is 90.6 Å². The number of amides is 1. The van der Waals surface area contributed by atoms with E-state index >= 15 is 0 Å². The number of nitrogen functional groups attached to an aromatic ring is 1. The molecule has 0 saturated heterocycles. The summed E-state index contributed by atoms with van der Waals surface area (Å²) in [5.74, 6) is -0.176. The molecule has 0 radical (unpaired) electrons. The average Bonchev–Trinajstić information content (AvgIpc) is 2.43. The van der Waals surface area contributed by atoms with Crippen molar-refractivity contribution in [3.63, 3.8) is 0 Å². The number of carbonyl (C=O) groups is 2. The lowest BCUT2D eigenvalue weighted by atomic mass is 10.1. The van der Waals surface area contributed by atoms with Gasteiger partial charge in [0.15, 0.2) is 0 Å². The smallest absolute Gasteiger partial charge is 0.340 e. The van der Waals surface area contributed by atoms with Crippen LogP contribution in [0.15, 0.2) is 18.2 Å². The molecule has 3 N–H and O–H groups in total. The summed E-state index contributed by atoms with van der Waals surface area (Å²) in [5.41, 5.74) is 6.29. The van der Waals surface area contributed by atoms with Gasteiger partial charge in [-0.05, 0) is 18.6 Å². The van der Waals surface area contributed by atoms with Crippen LogP contribution >= 0.6 is 0 Å². The maximum Gasteiger partial charge on any atom is 0.340 e. The first-order valence-corrected chi connectivity index (χ1v) is 5.90. The van der Waals surface area contributed by atoms with Gasteiger partial charge in [0.05, 0.1) is 25.0 Å². The van der Waals surface area contributed by atoms with Gasteiger partial charge in [0, 0.05) is 13.5 Å². The number of methoxy groups -OCH3 is 1. The van der Waals surface area contributed by atoms with Crippen LogP contribution in [0.4, 0.5) is 5.69 Å². The summed E-state index contributed by atoms with van der Waals surface area (Å²) >= 11 is 0. The molecule has 0 fully saturated rings. The van der Waals surface area contributed by atoms with Crippen LogP contribution in [-0.2, 0) is 9.53 Å². The van der Waals surface area contributed by atoms with Crippen LogP contribution in [0.25, 0.3) is 0 Å². The number of carbonyl (C=O) groups excluding carboxylic acids is 2. The van der Waals surface area contributed by atoms with Crippen molar-refractivity contribution in [3.05, 3.63) is 23.8 Å². The first-order chi connectivity index (χ1) is 9.10. The van der Waals surface area contributed by atoms with Crippen LogP contribution in [0, 0.1) is 0 Å². The minimum Gasteiger partial charge on any atom is -0.495 e. The summed E-state index contributed by atoms with van der Waals surface area (Å²) in [6.45, 7) is 0.170. The average molecular weight is 266 g/mol. The fourth-order valence-electron chi connectivity index (χ4n) is 1.50. The van der Waals surface area contributed by atoms with Crippen molar-refractivity contribution in [2.24, 2.45) is 0 Å². The van der Waals surface area contributed by atoms with Gasteiger partial charge >= 0.3 is 5.97 Å². The number of esters is 1. The third-order valence-corrected chi connectivity index (χ3v) is 2.57. The Labute approximate surface area is 111 Å². The van der Waals surface area contributed by atoms with Crippen LogP contribution in [0.2, 0.25) is 0 Å². The molecule has 0 aliphatic carbocycles. The third-order valence-electron chi connectivity index (χ3n) is 2.57. The first kappa shape index (κ1) is 14.8. The molecule has 104 valence electrons. The van der Waals surface area contributed by atoms with E-state index in [1.54, 1.807) is 25.2 Å². The molecular weight excluding hydrogens is 248 g/mol. The van der Waals surface area contributed by atoms with Gasteiger partial charge < -0.3 is 20.5 Å². The fraction of sp³-hybridized carbons (Fsp3) is 0.385. The van der Waals surface area contributed by atoms with E-state index in [1.807, 2.05) is 0 Å². The van der Waals surface area contributed by atoms with Crippen molar-refractivity contribution in [1.29, 1.82) is 0 Å². The van der Waals surface area contributed by atoms with Gasteiger partial charge in [0.2, 0.25) is 5.91 Å². The molecule has 0 saturated carbocycles. The highest BCUT2D eigenvalue weighted by atomic mass is 16.5. The Bertz CT molecular complexity index is 460. The van der Waals surface area contributed by atoms with E-state index in [0.717, 1.165) is 0 Å². The Balaban J connectivity index is 2.52. The highest BCUT2D eigenvalue weighted by molar-refractivity contribution is 5.96. The Kier molecular flexibility index (Phi) is 5.66. The lowest BCUT2D eigenvalue weighted by Crippen LogP contribution is -2.18. The number of ether oxygens (including phenoxy) is 2. The van der Waals surface area contributed by atoms with Gasteiger partial charge in [-0.3, -0.25) is 4.79 Å². The molecule has 0 heterocycles. The number of nitrogens with one attached hydrogen (secondary N) is 1. The number of hydrogen-bond acceptors (Lipinski definition) is 5. The van der Waals surface area contributed by atoms with Crippen molar-refractivity contribution in [1.82, 2.24) is 5.32 Å². The Morgan fingerprint density at radius 2 is 2.11 bits per heavy atom. The molecule has 1 aromatic rings. The second-order valence-electron chi connectivity index (χ2n) is 3.83. The van der Waals surface area contributed by atoms with Crippen molar-refractivity contribution in [3.8, 4) is 5.75 Å². The molecule has 1 aromatic carbocycles. The van der Waals surface area contributed by atoms with Crippen molar-refractivity contribution in [2.75, 3.05) is 26.5 Å². The molecule has 1 amide bonds. The molecule has 0 aliphatic rings. The Hall–Kier alpha value is -2.24. The number of rotatable bonds is 6. The zero-order chi connectivity index (χ0) is 14.3. The molecule has 0 aliphatic heterocycles. The summed E-state index contributed by atoms with van der Waals surface area (Å²) in [5, 5.41) is 2.49. The Morgan fingerprint density at radius 3 is 2.74 bits per heavy atom. The van der Waals surface area contributed by atoms with Crippen LogP contribution in [-0.4, -0.2) is 32.6 Å². The maximum atomic E-state index is 11.8. The molecule has 6 nitrogen and oxygen atoms in total. The number of anilines is 1. The van der Waals surface area contributed by atoms with E-state index in [9.17, 15) is 9.59 Å². The second-order valence-corrected chi connectivity index (χ2v) is 3.83. The van der Waals surface area contributed by atoms with Crippen LogP contribution in [0.1, 0.15) is 23.2 Å². The standard InChI is InChI=1S/C13H18N2O4/c1-15-11(16)7-4-8-19-13(17)9-5-3-6-10(18-2)12(9)14/h3,5-6H,4,7-8,14H2,1-2H3,(H,15,16). The van der Waals surface area contributed by atoms with E-state index in [1.165, 1.54) is 7.11 Å². The van der Waals surface area contributed by atoms with Gasteiger partial charge in [0.25, 0.3) is 0 Å². The number of nitrogens with two attached hydrogens (primary N) is 1. The predicted molar refractivity (Wildman–Crippen MR) is 71.0 cm³/mol. The SMILES string of the molecule is CNC(=O)CCCOC(=O)c1cccc(OC)c1N. The largest absolute Gasteiger partial charge is 0.495 e. The van der Waals surface area contributed by atoms with E-state index in [2.05, 4.69) is 5.32 Å². The minimum atomic E-state index is -0.520. The molecule has 6 heteroatoms. The molecular formula is C13H18N2O4. The van der Waals surface area contributed by atoms with Crippen LogP contribution in [0.3, 0.4) is 0 Å². The molecule has 1 rings (SSSR count). The first-order valence-electron chi connectivity index (χ1n) is 5.90. The number of hydrogen-bond donors (Lipinski definition) is 2. The summed E-state index contributed by atoms with van der Waals surface area (Å²) in [6.07, 6.45) is 0.784. The Morgan fingerprint density at radius 1 is 1.37 bits per heavy atom. The summed E-state index contributed by atoms with van der Waals surface area (Å²) in [4.78, 5) is 22.8. The molecule has 0 spiro atoms. The van der Waals surface area contributed by atoms with Gasteiger partial charge in [-0.25, -0.2) is 4.79 Å². The van der Waals surface area contributed by atoms with E-state index in [-0.39, 0.29) is 23.8 Å². The molecule has 0 bridgehead atoms. The second kappa shape index (κ2) is 7.25. The van der Waals surface area contributed by atoms with Gasteiger partial charge in [-0.1, -0.05) is 6.07 Å². The monoisotopic (exact) mass is 266 g/mol. The van der Waals surface area contributed by atoms with Crippen LogP contribution < -0.4 is 15.8 Å². The molecule has 0 aromatic heterocycles. The highest BCUT2D eigenvalue weighted by Crippen LogP contribution is 2.25. The van der Waals surface area contributed by atoms with E-state index in [4.69, 9.17) is 15.2 Å². The summed E-state index contributed by atoms with van der Waals surface area (Å²) in [7, 11) is 3.04. The third kappa shape index (κ3) is 4.17. The molecule has 19 heavy (non-hydrogen) atoms. The normalized spacial score (nSPS) is 9.79. The van der Waals surface area contributed by atoms with Gasteiger partial charge in [-0.15, -0.1) is 0 Å². The lowest BCUT2D eigenvalue weighted by molar-refractivity contribution is -0.120. The van der Waals surface area contributed by atoms with Crippen LogP contribution in [0.5, 0.6) is 5.75 Å². The lowest BCUT2D eigenvalue weighted by Gasteiger charge is -2.09. The number of benzene rings is 1. The van der Waals surface area contributed by atoms with Gasteiger partial charge in [0.1, 0.15) is 5.75 Å². The maximum absolute atomic E-state index is 11.8. The van der Waals surface area contributed by atoms with E-state index in [0.29, 0.717) is 18.6 Å². The quantitative estimate of drug-likeness (QED) is 0.454. The molecule has 0 atom stereocenters. The molecule has 0 unspecified atom stereocenters. The van der Waals surface area contributed by atoms with Gasteiger partial charge in [-0.2, -0.15) is 0 Å². The number of para-hydroxylation sites is 1. The van der Waals surface area contributed by atoms with Crippen molar-refractivity contribution in [2.45, 2.75) is 12.8 Å². The van der Waals surface area contributed by atoms with Crippen molar-refractivity contribution >= 4 is 17.6 Å². The summed E-state index contributed by atoms with van der Waals surface area (Å²) in [6, 6.07) is 4.90. The summed E-state index contributed by atoms with van der Waals surface area (Å²) < 4.78 is 10.1. The zero-order valence-electron chi connectivity index (χ0n) is 11.1.